The number of carbonyl (C=O) groups is 2. The van der Waals surface area contributed by atoms with E-state index in [-0.39, 0.29) is 18.5 Å². The maximum atomic E-state index is 12.6. The number of carbonyl (C=O) groups excluding carboxylic acids is 2. The zero-order chi connectivity index (χ0) is 18.5. The summed E-state index contributed by atoms with van der Waals surface area (Å²) in [5, 5.41) is 2.73. The molecule has 0 aliphatic carbocycles. The average Bonchev–Trinajstić information content (AvgIpc) is 2.96. The summed E-state index contributed by atoms with van der Waals surface area (Å²) >= 11 is 0. The number of benzene rings is 1. The topological polar surface area (TPSA) is 74.8 Å². The Kier molecular flexibility index (Phi) is 5.36. The van der Waals surface area contributed by atoms with E-state index in [0.717, 1.165) is 17.0 Å². The van der Waals surface area contributed by atoms with Crippen LogP contribution in [0.2, 0.25) is 0 Å². The summed E-state index contributed by atoms with van der Waals surface area (Å²) in [7, 11) is 0. The van der Waals surface area contributed by atoms with Crippen molar-refractivity contribution in [2.24, 2.45) is 0 Å². The molecule has 26 heavy (non-hydrogen) atoms. The van der Waals surface area contributed by atoms with Crippen molar-refractivity contribution in [2.75, 3.05) is 36.5 Å². The van der Waals surface area contributed by atoms with E-state index < -0.39 is 0 Å². The summed E-state index contributed by atoms with van der Waals surface area (Å²) in [6, 6.07) is 10.8. The molecule has 1 N–H and O–H groups in total. The van der Waals surface area contributed by atoms with Gasteiger partial charge in [-0.2, -0.15) is 0 Å². The van der Waals surface area contributed by atoms with Gasteiger partial charge in [0.05, 0.1) is 6.61 Å². The van der Waals surface area contributed by atoms with Crippen molar-refractivity contribution in [1.29, 1.82) is 0 Å². The highest BCUT2D eigenvalue weighted by Gasteiger charge is 2.30. The largest absolute Gasteiger partial charge is 0.494 e. The molecule has 1 aromatic carbocycles. The molecule has 0 atom stereocenters. The molecule has 1 aromatic heterocycles. The molecule has 0 spiro atoms. The number of pyridine rings is 1. The molecule has 1 aliphatic heterocycles. The van der Waals surface area contributed by atoms with Crippen molar-refractivity contribution in [3.63, 3.8) is 0 Å². The predicted octanol–water partition coefficient (Wildman–Crippen LogP) is 2.67. The number of aromatic nitrogens is 1. The normalized spacial score (nSPS) is 13.8. The Balaban J connectivity index is 1.59. The minimum atomic E-state index is -0.259. The molecular weight excluding hydrogens is 332 g/mol. The Labute approximate surface area is 152 Å². The Morgan fingerprint density at radius 2 is 2.00 bits per heavy atom. The van der Waals surface area contributed by atoms with Gasteiger partial charge in [0.1, 0.15) is 18.1 Å². The minimum absolute atomic E-state index is 0.00197. The summed E-state index contributed by atoms with van der Waals surface area (Å²) in [6.07, 6.45) is 1.64. The number of nitrogens with zero attached hydrogens (tertiary/aromatic N) is 3. The third-order valence-corrected chi connectivity index (χ3v) is 4.07. The molecule has 1 aliphatic rings. The van der Waals surface area contributed by atoms with Gasteiger partial charge in [-0.3, -0.25) is 9.69 Å². The summed E-state index contributed by atoms with van der Waals surface area (Å²) < 4.78 is 5.42. The average molecular weight is 354 g/mol. The molecule has 3 rings (SSSR count). The Morgan fingerprint density at radius 1 is 1.23 bits per heavy atom. The van der Waals surface area contributed by atoms with Crippen molar-refractivity contribution in [3.8, 4) is 5.75 Å². The van der Waals surface area contributed by atoms with E-state index in [4.69, 9.17) is 4.74 Å². The number of nitrogens with one attached hydrogen (secondary N) is 1. The van der Waals surface area contributed by atoms with Crippen LogP contribution in [0, 0.1) is 6.92 Å². The zero-order valence-corrected chi connectivity index (χ0v) is 14.9. The van der Waals surface area contributed by atoms with E-state index in [1.54, 1.807) is 17.2 Å². The van der Waals surface area contributed by atoms with Gasteiger partial charge in [0.15, 0.2) is 0 Å². The molecular formula is C19H22N4O3. The van der Waals surface area contributed by atoms with Crippen LogP contribution in [0.4, 0.5) is 16.3 Å². The lowest BCUT2D eigenvalue weighted by molar-refractivity contribution is -0.116. The molecule has 1 fully saturated rings. The van der Waals surface area contributed by atoms with Gasteiger partial charge < -0.3 is 15.0 Å². The summed E-state index contributed by atoms with van der Waals surface area (Å²) in [5.74, 6) is 1.000. The predicted molar refractivity (Wildman–Crippen MR) is 99.5 cm³/mol. The van der Waals surface area contributed by atoms with Crippen molar-refractivity contribution in [2.45, 2.75) is 13.8 Å². The number of hydrogen-bond donors (Lipinski definition) is 1. The van der Waals surface area contributed by atoms with Crippen LogP contribution in [0.1, 0.15) is 12.5 Å². The van der Waals surface area contributed by atoms with E-state index in [2.05, 4.69) is 10.3 Å². The van der Waals surface area contributed by atoms with Crippen LogP contribution in [-0.2, 0) is 4.79 Å². The number of amides is 3. The quantitative estimate of drug-likeness (QED) is 0.865. The number of aryl methyl sites for hydroxylation is 1. The van der Waals surface area contributed by atoms with Gasteiger partial charge >= 0.3 is 6.03 Å². The molecule has 0 radical (unpaired) electrons. The van der Waals surface area contributed by atoms with Gasteiger partial charge in [0.2, 0.25) is 5.91 Å². The van der Waals surface area contributed by atoms with Crippen LogP contribution >= 0.6 is 0 Å². The van der Waals surface area contributed by atoms with Crippen molar-refractivity contribution < 1.29 is 14.3 Å². The number of hydrogen-bond acceptors (Lipinski definition) is 4. The molecule has 0 bridgehead atoms. The molecule has 0 unspecified atom stereocenters. The van der Waals surface area contributed by atoms with Crippen LogP contribution in [0.3, 0.4) is 0 Å². The first-order valence-electron chi connectivity index (χ1n) is 8.58. The van der Waals surface area contributed by atoms with Crippen LogP contribution < -0.4 is 15.0 Å². The fourth-order valence-electron chi connectivity index (χ4n) is 2.82. The molecule has 1 saturated heterocycles. The highest BCUT2D eigenvalue weighted by Crippen LogP contribution is 2.23. The summed E-state index contributed by atoms with van der Waals surface area (Å²) in [4.78, 5) is 32.1. The molecule has 7 nitrogen and oxygen atoms in total. The number of urea groups is 1. The highest BCUT2D eigenvalue weighted by atomic mass is 16.5. The highest BCUT2D eigenvalue weighted by molar-refractivity contribution is 5.99. The smallest absolute Gasteiger partial charge is 0.325 e. The van der Waals surface area contributed by atoms with E-state index in [1.807, 2.05) is 44.2 Å². The Hall–Kier alpha value is -3.09. The second-order valence-corrected chi connectivity index (χ2v) is 6.05. The monoisotopic (exact) mass is 354 g/mol. The third kappa shape index (κ3) is 4.11. The second-order valence-electron chi connectivity index (χ2n) is 6.05. The van der Waals surface area contributed by atoms with Gasteiger partial charge in [-0.05, 0) is 55.8 Å². The lowest BCUT2D eigenvalue weighted by Crippen LogP contribution is -2.37. The first kappa shape index (κ1) is 17.7. The number of anilines is 2. The SMILES string of the molecule is CCOc1ccc(N2CCN(CC(=O)Nc3cc(C)ccn3)C2=O)cc1. The summed E-state index contributed by atoms with van der Waals surface area (Å²) in [5.41, 5.74) is 1.80. The Bertz CT molecular complexity index is 792. The van der Waals surface area contributed by atoms with E-state index in [1.165, 1.54) is 4.90 Å². The maximum absolute atomic E-state index is 12.6. The summed E-state index contributed by atoms with van der Waals surface area (Å²) in [6.45, 7) is 5.50. The second kappa shape index (κ2) is 7.86. The minimum Gasteiger partial charge on any atom is -0.494 e. The first-order chi connectivity index (χ1) is 12.6. The van der Waals surface area contributed by atoms with Gasteiger partial charge in [-0.15, -0.1) is 0 Å². The lowest BCUT2D eigenvalue weighted by atomic mass is 10.3. The van der Waals surface area contributed by atoms with Crippen molar-refractivity contribution in [1.82, 2.24) is 9.88 Å². The van der Waals surface area contributed by atoms with Gasteiger partial charge in [0.25, 0.3) is 0 Å². The van der Waals surface area contributed by atoms with E-state index in [9.17, 15) is 9.59 Å². The fourth-order valence-corrected chi connectivity index (χ4v) is 2.82. The van der Waals surface area contributed by atoms with Crippen LogP contribution in [0.25, 0.3) is 0 Å². The van der Waals surface area contributed by atoms with Gasteiger partial charge in [-0.1, -0.05) is 0 Å². The van der Waals surface area contributed by atoms with Crippen molar-refractivity contribution >= 4 is 23.4 Å². The Morgan fingerprint density at radius 3 is 2.69 bits per heavy atom. The molecule has 2 aromatic rings. The van der Waals surface area contributed by atoms with Crippen LogP contribution in [0.15, 0.2) is 42.6 Å². The molecule has 7 heteroatoms. The fraction of sp³-hybridized carbons (Fsp3) is 0.316. The molecule has 2 heterocycles. The van der Waals surface area contributed by atoms with Crippen LogP contribution in [0.5, 0.6) is 5.75 Å². The molecule has 0 saturated carbocycles. The van der Waals surface area contributed by atoms with Crippen molar-refractivity contribution in [3.05, 3.63) is 48.2 Å². The number of ether oxygens (including phenoxy) is 1. The molecule has 3 amide bonds. The van der Waals surface area contributed by atoms with Crippen LogP contribution in [-0.4, -0.2) is 48.1 Å². The maximum Gasteiger partial charge on any atom is 0.325 e. The van der Waals surface area contributed by atoms with E-state index in [0.29, 0.717) is 25.5 Å². The lowest BCUT2D eigenvalue weighted by Gasteiger charge is -2.18. The van der Waals surface area contributed by atoms with Gasteiger partial charge in [-0.25, -0.2) is 9.78 Å². The zero-order valence-electron chi connectivity index (χ0n) is 14.9. The standard InChI is InChI=1S/C19H22N4O3/c1-3-26-16-6-4-15(5-7-16)23-11-10-22(19(23)25)13-18(24)21-17-12-14(2)8-9-20-17/h4-9,12H,3,10-11,13H2,1-2H3,(H,20,21,24). The number of rotatable bonds is 6. The first-order valence-corrected chi connectivity index (χ1v) is 8.58. The molecule has 136 valence electrons. The van der Waals surface area contributed by atoms with Gasteiger partial charge in [0, 0.05) is 25.0 Å². The van der Waals surface area contributed by atoms with E-state index >= 15 is 0 Å². The third-order valence-electron chi connectivity index (χ3n) is 4.07.